The molecule has 1 saturated heterocycles. The summed E-state index contributed by atoms with van der Waals surface area (Å²) in [6.07, 6.45) is 7.74. The first-order valence-corrected chi connectivity index (χ1v) is 8.69. The highest BCUT2D eigenvalue weighted by atomic mass is 16.3. The van der Waals surface area contributed by atoms with Gasteiger partial charge < -0.3 is 14.6 Å². The van der Waals surface area contributed by atoms with E-state index in [1.165, 1.54) is 0 Å². The maximum atomic E-state index is 12.8. The Kier molecular flexibility index (Phi) is 4.37. The molecule has 4 heterocycles. The number of rotatable bonds is 3. The first-order chi connectivity index (χ1) is 12.3. The minimum atomic E-state index is -0.0871. The summed E-state index contributed by atoms with van der Waals surface area (Å²) in [5.74, 6) is 1.57. The second-order valence-corrected chi connectivity index (χ2v) is 6.28. The van der Waals surface area contributed by atoms with E-state index in [4.69, 9.17) is 4.42 Å². The standard InChI is InChI=1S/C18H21N5O2/c24-18(19-13-17-21-20-16-9-3-5-11-23(16)17)22-10-4-1-2-7-14(22)15-8-6-12-25-15/h3,5-6,8-9,11-12,14H,1-2,4,7,10,13H2,(H,19,24). The SMILES string of the molecule is O=C(NCc1nnc2ccccn12)N1CCCCCC1c1ccco1. The van der Waals surface area contributed by atoms with E-state index >= 15 is 0 Å². The van der Waals surface area contributed by atoms with Crippen LogP contribution in [0.25, 0.3) is 5.65 Å². The lowest BCUT2D eigenvalue weighted by Gasteiger charge is -2.28. The fraction of sp³-hybridized carbons (Fsp3) is 0.389. The Balaban J connectivity index is 1.48. The third-order valence-electron chi connectivity index (χ3n) is 4.67. The fourth-order valence-electron chi connectivity index (χ4n) is 3.40. The molecule has 0 spiro atoms. The van der Waals surface area contributed by atoms with Crippen molar-refractivity contribution in [1.82, 2.24) is 24.8 Å². The van der Waals surface area contributed by atoms with Crippen LogP contribution in [0.3, 0.4) is 0 Å². The molecular weight excluding hydrogens is 318 g/mol. The normalized spacial score (nSPS) is 18.2. The van der Waals surface area contributed by atoms with Gasteiger partial charge >= 0.3 is 6.03 Å². The van der Waals surface area contributed by atoms with Gasteiger partial charge in [-0.2, -0.15) is 0 Å². The van der Waals surface area contributed by atoms with E-state index < -0.39 is 0 Å². The summed E-state index contributed by atoms with van der Waals surface area (Å²) in [6.45, 7) is 1.07. The Bertz CT molecular complexity index is 842. The third kappa shape index (κ3) is 3.22. The lowest BCUT2D eigenvalue weighted by atomic mass is 10.1. The van der Waals surface area contributed by atoms with Crippen molar-refractivity contribution in [2.24, 2.45) is 0 Å². The predicted molar refractivity (Wildman–Crippen MR) is 91.8 cm³/mol. The van der Waals surface area contributed by atoms with Crippen molar-refractivity contribution in [2.45, 2.75) is 38.3 Å². The number of aromatic nitrogens is 3. The molecule has 0 aromatic carbocycles. The molecule has 1 fully saturated rings. The maximum absolute atomic E-state index is 12.8. The van der Waals surface area contributed by atoms with Crippen LogP contribution in [-0.2, 0) is 6.54 Å². The van der Waals surface area contributed by atoms with Gasteiger partial charge in [-0.05, 0) is 37.1 Å². The molecule has 1 unspecified atom stereocenters. The monoisotopic (exact) mass is 339 g/mol. The molecule has 0 aliphatic carbocycles. The summed E-state index contributed by atoms with van der Waals surface area (Å²) in [7, 11) is 0. The van der Waals surface area contributed by atoms with Gasteiger partial charge in [0.15, 0.2) is 11.5 Å². The highest BCUT2D eigenvalue weighted by Crippen LogP contribution is 2.30. The van der Waals surface area contributed by atoms with Crippen molar-refractivity contribution in [2.75, 3.05) is 6.54 Å². The van der Waals surface area contributed by atoms with E-state index in [0.29, 0.717) is 12.4 Å². The van der Waals surface area contributed by atoms with Gasteiger partial charge in [0.25, 0.3) is 0 Å². The Morgan fingerprint density at radius 3 is 3.04 bits per heavy atom. The zero-order valence-corrected chi connectivity index (χ0v) is 14.0. The molecule has 1 N–H and O–H groups in total. The molecule has 25 heavy (non-hydrogen) atoms. The van der Waals surface area contributed by atoms with E-state index in [9.17, 15) is 4.79 Å². The lowest BCUT2D eigenvalue weighted by Crippen LogP contribution is -2.42. The van der Waals surface area contributed by atoms with E-state index in [2.05, 4.69) is 15.5 Å². The molecule has 4 rings (SSSR count). The lowest BCUT2D eigenvalue weighted by molar-refractivity contribution is 0.165. The number of carbonyl (C=O) groups is 1. The van der Waals surface area contributed by atoms with Crippen LogP contribution >= 0.6 is 0 Å². The van der Waals surface area contributed by atoms with Gasteiger partial charge in [0.1, 0.15) is 5.76 Å². The molecule has 1 aliphatic heterocycles. The first-order valence-electron chi connectivity index (χ1n) is 8.69. The van der Waals surface area contributed by atoms with E-state index in [0.717, 1.165) is 43.6 Å². The number of hydrogen-bond donors (Lipinski definition) is 1. The zero-order chi connectivity index (χ0) is 17.1. The van der Waals surface area contributed by atoms with Crippen molar-refractivity contribution in [3.63, 3.8) is 0 Å². The predicted octanol–water partition coefficient (Wildman–Crippen LogP) is 3.15. The molecule has 7 heteroatoms. The van der Waals surface area contributed by atoms with Crippen LogP contribution in [0.5, 0.6) is 0 Å². The largest absolute Gasteiger partial charge is 0.467 e. The highest BCUT2D eigenvalue weighted by molar-refractivity contribution is 5.74. The summed E-state index contributed by atoms with van der Waals surface area (Å²) in [5.41, 5.74) is 0.773. The molecule has 0 radical (unpaired) electrons. The maximum Gasteiger partial charge on any atom is 0.318 e. The van der Waals surface area contributed by atoms with E-state index in [-0.39, 0.29) is 12.1 Å². The highest BCUT2D eigenvalue weighted by Gasteiger charge is 2.28. The van der Waals surface area contributed by atoms with Crippen molar-refractivity contribution >= 4 is 11.7 Å². The number of carbonyl (C=O) groups excluding carboxylic acids is 1. The van der Waals surface area contributed by atoms with Crippen LogP contribution in [0.2, 0.25) is 0 Å². The van der Waals surface area contributed by atoms with Gasteiger partial charge in [0, 0.05) is 12.7 Å². The molecule has 0 saturated carbocycles. The quantitative estimate of drug-likeness (QED) is 0.795. The second-order valence-electron chi connectivity index (χ2n) is 6.28. The zero-order valence-electron chi connectivity index (χ0n) is 14.0. The van der Waals surface area contributed by atoms with Crippen molar-refractivity contribution < 1.29 is 9.21 Å². The van der Waals surface area contributed by atoms with Gasteiger partial charge in [0.05, 0.1) is 18.8 Å². The minimum Gasteiger partial charge on any atom is -0.467 e. The molecule has 3 aromatic rings. The number of fused-ring (bicyclic) bond motifs is 1. The van der Waals surface area contributed by atoms with Crippen LogP contribution in [0, 0.1) is 0 Å². The number of nitrogens with one attached hydrogen (secondary N) is 1. The first kappa shape index (κ1) is 15.7. The van der Waals surface area contributed by atoms with Gasteiger partial charge in [-0.1, -0.05) is 18.9 Å². The van der Waals surface area contributed by atoms with Crippen LogP contribution in [-0.4, -0.2) is 32.1 Å². The van der Waals surface area contributed by atoms with Crippen LogP contribution < -0.4 is 5.32 Å². The van der Waals surface area contributed by atoms with Gasteiger partial charge in [-0.25, -0.2) is 4.79 Å². The smallest absolute Gasteiger partial charge is 0.318 e. The molecular formula is C18H21N5O2. The van der Waals surface area contributed by atoms with Crippen LogP contribution in [0.15, 0.2) is 47.2 Å². The number of pyridine rings is 1. The Hall–Kier alpha value is -2.83. The molecule has 7 nitrogen and oxygen atoms in total. The van der Waals surface area contributed by atoms with Crippen molar-refractivity contribution in [3.8, 4) is 0 Å². The summed E-state index contributed by atoms with van der Waals surface area (Å²) >= 11 is 0. The van der Waals surface area contributed by atoms with Gasteiger partial charge in [-0.15, -0.1) is 10.2 Å². The fourth-order valence-corrected chi connectivity index (χ4v) is 3.40. The van der Waals surface area contributed by atoms with Crippen molar-refractivity contribution in [1.29, 1.82) is 0 Å². The Morgan fingerprint density at radius 1 is 1.20 bits per heavy atom. The topological polar surface area (TPSA) is 75.7 Å². The minimum absolute atomic E-state index is 0.00681. The second kappa shape index (κ2) is 6.96. The molecule has 2 amide bonds. The molecule has 1 aliphatic rings. The van der Waals surface area contributed by atoms with E-state index in [1.807, 2.05) is 45.8 Å². The number of amides is 2. The third-order valence-corrected chi connectivity index (χ3v) is 4.67. The van der Waals surface area contributed by atoms with Gasteiger partial charge in [0.2, 0.25) is 0 Å². The Morgan fingerprint density at radius 2 is 2.16 bits per heavy atom. The van der Waals surface area contributed by atoms with Crippen LogP contribution in [0.1, 0.15) is 43.3 Å². The molecule has 130 valence electrons. The number of furan rings is 1. The number of urea groups is 1. The summed E-state index contributed by atoms with van der Waals surface area (Å²) in [4.78, 5) is 14.7. The summed E-state index contributed by atoms with van der Waals surface area (Å²) in [6, 6.07) is 9.45. The van der Waals surface area contributed by atoms with Crippen molar-refractivity contribution in [3.05, 3.63) is 54.4 Å². The summed E-state index contributed by atoms with van der Waals surface area (Å²) < 4.78 is 7.45. The molecule has 1 atom stereocenters. The molecule has 3 aromatic heterocycles. The number of hydrogen-bond acceptors (Lipinski definition) is 4. The average molecular weight is 339 g/mol. The van der Waals surface area contributed by atoms with Gasteiger partial charge in [-0.3, -0.25) is 4.40 Å². The average Bonchev–Trinajstić information content (AvgIpc) is 3.24. The van der Waals surface area contributed by atoms with Crippen LogP contribution in [0.4, 0.5) is 4.79 Å². The Labute approximate surface area is 145 Å². The number of nitrogens with zero attached hydrogens (tertiary/aromatic N) is 4. The van der Waals surface area contributed by atoms with E-state index in [1.54, 1.807) is 6.26 Å². The molecule has 0 bridgehead atoms. The number of likely N-dealkylation sites (tertiary alicyclic amines) is 1. The summed E-state index contributed by atoms with van der Waals surface area (Å²) in [5, 5.41) is 11.3.